The van der Waals surface area contributed by atoms with Crippen LogP contribution in [0.5, 0.6) is 0 Å². The first-order valence-corrected chi connectivity index (χ1v) is 8.68. The molecule has 2 aromatic carbocycles. The minimum Gasteiger partial charge on any atom is -0.468 e. The van der Waals surface area contributed by atoms with Gasteiger partial charge in [0.05, 0.1) is 18.6 Å². The lowest BCUT2D eigenvalue weighted by atomic mass is 10.1. The lowest BCUT2D eigenvalue weighted by molar-refractivity contribution is -0.137. The summed E-state index contributed by atoms with van der Waals surface area (Å²) in [6.45, 7) is 2.02. The van der Waals surface area contributed by atoms with Crippen LogP contribution in [0.3, 0.4) is 0 Å². The Kier molecular flexibility index (Phi) is 5.19. The Morgan fingerprint density at radius 1 is 1.12 bits per heavy atom. The summed E-state index contributed by atoms with van der Waals surface area (Å²) in [5.74, 6) is 0.187. The van der Waals surface area contributed by atoms with E-state index in [2.05, 4.69) is 9.97 Å². The summed E-state index contributed by atoms with van der Waals surface area (Å²) in [6.07, 6.45) is 0. The fraction of sp³-hybridized carbons (Fsp3) is 0.158. The topological polar surface area (TPSA) is 55.0 Å². The molecule has 6 heteroatoms. The molecular formula is C19H17FN2O2S. The number of esters is 1. The molecule has 0 aliphatic rings. The van der Waals surface area contributed by atoms with Crippen LogP contribution in [0.1, 0.15) is 5.56 Å². The van der Waals surface area contributed by atoms with Crippen molar-refractivity contribution < 1.29 is 13.9 Å². The van der Waals surface area contributed by atoms with E-state index in [1.54, 1.807) is 12.1 Å². The average Bonchev–Trinajstić information content (AvgIpc) is 3.05. The summed E-state index contributed by atoms with van der Waals surface area (Å²) in [5, 5.41) is 0.702. The molecule has 1 heterocycles. The van der Waals surface area contributed by atoms with Crippen LogP contribution in [-0.2, 0) is 9.53 Å². The molecule has 4 nitrogen and oxygen atoms in total. The van der Waals surface area contributed by atoms with Crippen molar-refractivity contribution >= 4 is 17.7 Å². The number of hydrogen-bond donors (Lipinski definition) is 1. The fourth-order valence-electron chi connectivity index (χ4n) is 2.31. The molecule has 0 saturated carbocycles. The maximum Gasteiger partial charge on any atom is 0.316 e. The number of carbonyl (C=O) groups excluding carboxylic acids is 1. The molecule has 0 aliphatic heterocycles. The van der Waals surface area contributed by atoms with E-state index in [0.717, 1.165) is 22.4 Å². The number of carbonyl (C=O) groups is 1. The standard InChI is InChI=1S/C19H17FN2O2S/c1-12-3-5-13(6-4-12)17-19(25-11-16(23)24-2)22-18(21-17)14-7-9-15(20)10-8-14/h3-10H,11H2,1-2H3,(H,21,22). The maximum atomic E-state index is 13.2. The number of ether oxygens (including phenoxy) is 1. The summed E-state index contributed by atoms with van der Waals surface area (Å²) in [4.78, 5) is 19.4. The SMILES string of the molecule is COC(=O)CSc1nc(-c2ccc(F)cc2)[nH]c1-c1ccc(C)cc1. The van der Waals surface area contributed by atoms with Crippen molar-refractivity contribution in [1.29, 1.82) is 0 Å². The van der Waals surface area contributed by atoms with Gasteiger partial charge in [-0.1, -0.05) is 41.6 Å². The Hall–Kier alpha value is -2.60. The first-order chi connectivity index (χ1) is 12.1. The van der Waals surface area contributed by atoms with Crippen molar-refractivity contribution in [2.75, 3.05) is 12.9 Å². The average molecular weight is 356 g/mol. The van der Waals surface area contributed by atoms with E-state index in [1.807, 2.05) is 31.2 Å². The Labute approximate surface area is 149 Å². The van der Waals surface area contributed by atoms with Gasteiger partial charge >= 0.3 is 5.97 Å². The van der Waals surface area contributed by atoms with Crippen LogP contribution in [0.15, 0.2) is 53.6 Å². The lowest BCUT2D eigenvalue weighted by Crippen LogP contribution is -2.03. The van der Waals surface area contributed by atoms with Crippen LogP contribution in [0.4, 0.5) is 4.39 Å². The van der Waals surface area contributed by atoms with Crippen molar-refractivity contribution in [3.63, 3.8) is 0 Å². The molecule has 1 aromatic heterocycles. The van der Waals surface area contributed by atoms with Crippen LogP contribution < -0.4 is 0 Å². The zero-order valence-corrected chi connectivity index (χ0v) is 14.7. The number of aromatic amines is 1. The number of hydrogen-bond acceptors (Lipinski definition) is 4. The summed E-state index contributed by atoms with van der Waals surface area (Å²) in [7, 11) is 1.36. The van der Waals surface area contributed by atoms with E-state index >= 15 is 0 Å². The highest BCUT2D eigenvalue weighted by molar-refractivity contribution is 8.00. The van der Waals surface area contributed by atoms with Gasteiger partial charge in [0.25, 0.3) is 0 Å². The molecule has 0 fully saturated rings. The van der Waals surface area contributed by atoms with Gasteiger partial charge in [-0.2, -0.15) is 0 Å². The van der Waals surface area contributed by atoms with Gasteiger partial charge in [-0.15, -0.1) is 0 Å². The number of H-pyrrole nitrogens is 1. The molecule has 0 spiro atoms. The second-order valence-electron chi connectivity index (χ2n) is 5.50. The van der Waals surface area contributed by atoms with Crippen LogP contribution >= 0.6 is 11.8 Å². The largest absolute Gasteiger partial charge is 0.468 e. The minimum absolute atomic E-state index is 0.170. The van der Waals surface area contributed by atoms with E-state index in [-0.39, 0.29) is 17.5 Å². The number of methoxy groups -OCH3 is 1. The van der Waals surface area contributed by atoms with Crippen molar-refractivity contribution in [3.8, 4) is 22.6 Å². The van der Waals surface area contributed by atoms with Crippen LogP contribution in [0, 0.1) is 12.7 Å². The van der Waals surface area contributed by atoms with Crippen LogP contribution in [0.25, 0.3) is 22.6 Å². The van der Waals surface area contributed by atoms with Crippen molar-refractivity contribution in [3.05, 3.63) is 59.9 Å². The molecule has 0 bridgehead atoms. The second kappa shape index (κ2) is 7.53. The number of thioether (sulfide) groups is 1. The quantitative estimate of drug-likeness (QED) is 0.542. The molecule has 0 radical (unpaired) electrons. The summed E-state index contributed by atoms with van der Waals surface area (Å²) in [5.41, 5.74) is 3.73. The number of aryl methyl sites for hydroxylation is 1. The first-order valence-electron chi connectivity index (χ1n) is 7.69. The molecule has 0 aliphatic carbocycles. The fourth-order valence-corrected chi connectivity index (χ4v) is 3.15. The van der Waals surface area contributed by atoms with E-state index in [4.69, 9.17) is 4.74 Å². The van der Waals surface area contributed by atoms with Crippen LogP contribution in [-0.4, -0.2) is 28.8 Å². The lowest BCUT2D eigenvalue weighted by Gasteiger charge is -2.03. The second-order valence-corrected chi connectivity index (χ2v) is 6.47. The third-order valence-electron chi connectivity index (χ3n) is 3.68. The third kappa shape index (κ3) is 4.09. The zero-order valence-electron chi connectivity index (χ0n) is 13.9. The van der Waals surface area contributed by atoms with Crippen molar-refractivity contribution in [2.24, 2.45) is 0 Å². The van der Waals surface area contributed by atoms with Gasteiger partial charge in [0.15, 0.2) is 0 Å². The van der Waals surface area contributed by atoms with E-state index in [1.165, 1.54) is 31.0 Å². The molecule has 3 aromatic rings. The Bertz CT molecular complexity index is 873. The van der Waals surface area contributed by atoms with Gasteiger partial charge in [0.1, 0.15) is 16.7 Å². The molecule has 128 valence electrons. The molecular weight excluding hydrogens is 339 g/mol. The molecule has 0 saturated heterocycles. The first kappa shape index (κ1) is 17.2. The van der Waals surface area contributed by atoms with Crippen molar-refractivity contribution in [1.82, 2.24) is 9.97 Å². The van der Waals surface area contributed by atoms with Gasteiger partial charge in [-0.25, -0.2) is 9.37 Å². The van der Waals surface area contributed by atoms with Crippen molar-refractivity contribution in [2.45, 2.75) is 11.9 Å². The number of imidazole rings is 1. The highest BCUT2D eigenvalue weighted by atomic mass is 32.2. The molecule has 0 amide bonds. The molecule has 0 unspecified atom stereocenters. The molecule has 3 rings (SSSR count). The van der Waals surface area contributed by atoms with Gasteiger partial charge < -0.3 is 9.72 Å². The van der Waals surface area contributed by atoms with Gasteiger partial charge in [0, 0.05) is 11.1 Å². The van der Waals surface area contributed by atoms with E-state index in [9.17, 15) is 9.18 Å². The normalized spacial score (nSPS) is 10.7. The van der Waals surface area contributed by atoms with Gasteiger partial charge in [-0.05, 0) is 31.2 Å². The Balaban J connectivity index is 1.99. The number of benzene rings is 2. The minimum atomic E-state index is -0.314. The highest BCUT2D eigenvalue weighted by Crippen LogP contribution is 2.32. The number of rotatable bonds is 5. The van der Waals surface area contributed by atoms with Gasteiger partial charge in [-0.3, -0.25) is 4.79 Å². The number of nitrogens with one attached hydrogen (secondary N) is 1. The van der Waals surface area contributed by atoms with E-state index < -0.39 is 0 Å². The molecule has 0 atom stereocenters. The summed E-state index contributed by atoms with van der Waals surface area (Å²) < 4.78 is 17.9. The summed E-state index contributed by atoms with van der Waals surface area (Å²) >= 11 is 1.31. The predicted octanol–water partition coefficient (Wildman–Crippen LogP) is 4.46. The molecule has 25 heavy (non-hydrogen) atoms. The van der Waals surface area contributed by atoms with Crippen LogP contribution in [0.2, 0.25) is 0 Å². The zero-order chi connectivity index (χ0) is 17.8. The third-order valence-corrected chi connectivity index (χ3v) is 4.63. The molecule has 1 N–H and O–H groups in total. The number of aromatic nitrogens is 2. The Morgan fingerprint density at radius 2 is 1.76 bits per heavy atom. The highest BCUT2D eigenvalue weighted by Gasteiger charge is 2.15. The monoisotopic (exact) mass is 356 g/mol. The smallest absolute Gasteiger partial charge is 0.316 e. The summed E-state index contributed by atoms with van der Waals surface area (Å²) in [6, 6.07) is 14.2. The Morgan fingerprint density at radius 3 is 2.40 bits per heavy atom. The van der Waals surface area contributed by atoms with E-state index in [0.29, 0.717) is 10.9 Å². The predicted molar refractivity (Wildman–Crippen MR) is 96.9 cm³/mol. The maximum absolute atomic E-state index is 13.2. The number of halogens is 1. The van der Waals surface area contributed by atoms with Gasteiger partial charge in [0.2, 0.25) is 0 Å². The number of nitrogens with zero attached hydrogens (tertiary/aromatic N) is 1.